The lowest BCUT2D eigenvalue weighted by molar-refractivity contribution is -0.161. The molecule has 3 aliphatic carbocycles. The summed E-state index contributed by atoms with van der Waals surface area (Å²) in [5.74, 6) is 0.108. The normalized spacial score (nSPS) is 41.6. The van der Waals surface area contributed by atoms with Crippen LogP contribution in [0.4, 0.5) is 0 Å². The van der Waals surface area contributed by atoms with E-state index in [1.54, 1.807) is 0 Å². The number of fused-ring (bicyclic) bond motifs is 3. The SMILES string of the molecule is CCC(C(=O)OCC1CCC2OC2C1)C(CC(=O)OCC1CCC2OC2C1)OCC1CCC2OC2C1. The molecule has 6 aliphatic rings. The Kier molecular flexibility index (Phi) is 7.57. The van der Waals surface area contributed by atoms with Crippen molar-refractivity contribution in [3.63, 3.8) is 0 Å². The van der Waals surface area contributed by atoms with Crippen LogP contribution >= 0.6 is 0 Å². The summed E-state index contributed by atoms with van der Waals surface area (Å²) < 4.78 is 34.7. The predicted octanol–water partition coefficient (Wildman–Crippen LogP) is 3.58. The van der Waals surface area contributed by atoms with Crippen molar-refractivity contribution in [1.29, 1.82) is 0 Å². The zero-order chi connectivity index (χ0) is 24.6. The Morgan fingerprint density at radius 3 is 1.69 bits per heavy atom. The summed E-state index contributed by atoms with van der Waals surface area (Å²) in [4.78, 5) is 26.0. The molecular formula is C28H42O8. The summed E-state index contributed by atoms with van der Waals surface area (Å²) >= 11 is 0. The van der Waals surface area contributed by atoms with E-state index in [4.69, 9.17) is 28.4 Å². The molecule has 0 spiro atoms. The minimum absolute atomic E-state index is 0.0825. The summed E-state index contributed by atoms with van der Waals surface area (Å²) in [6, 6.07) is 0. The Balaban J connectivity index is 1.01. The van der Waals surface area contributed by atoms with E-state index in [0.717, 1.165) is 57.8 Å². The highest BCUT2D eigenvalue weighted by molar-refractivity contribution is 5.75. The molecule has 3 saturated carbocycles. The van der Waals surface area contributed by atoms with Gasteiger partial charge in [-0.3, -0.25) is 9.59 Å². The van der Waals surface area contributed by atoms with Gasteiger partial charge in [0, 0.05) is 6.61 Å². The minimum atomic E-state index is -0.530. The van der Waals surface area contributed by atoms with Crippen molar-refractivity contribution in [3.8, 4) is 0 Å². The maximum atomic E-state index is 13.2. The van der Waals surface area contributed by atoms with Crippen molar-refractivity contribution in [1.82, 2.24) is 0 Å². The number of hydrogen-bond acceptors (Lipinski definition) is 8. The zero-order valence-electron chi connectivity index (χ0n) is 21.5. The maximum absolute atomic E-state index is 13.2. The minimum Gasteiger partial charge on any atom is -0.465 e. The lowest BCUT2D eigenvalue weighted by Gasteiger charge is -2.28. The molecule has 8 heteroatoms. The fourth-order valence-corrected chi connectivity index (χ4v) is 6.81. The topological polar surface area (TPSA) is 99.4 Å². The van der Waals surface area contributed by atoms with Crippen molar-refractivity contribution >= 4 is 11.9 Å². The third kappa shape index (κ3) is 6.25. The molecule has 6 fully saturated rings. The van der Waals surface area contributed by atoms with Gasteiger partial charge >= 0.3 is 11.9 Å². The first-order chi connectivity index (χ1) is 17.6. The molecule has 0 aromatic carbocycles. The first-order valence-corrected chi connectivity index (χ1v) is 14.5. The maximum Gasteiger partial charge on any atom is 0.311 e. The molecule has 0 aromatic rings. The third-order valence-electron chi connectivity index (χ3n) is 9.38. The van der Waals surface area contributed by atoms with E-state index in [0.29, 0.717) is 80.6 Å². The first-order valence-electron chi connectivity index (χ1n) is 14.5. The number of ether oxygens (including phenoxy) is 6. The van der Waals surface area contributed by atoms with Crippen LogP contribution in [0, 0.1) is 23.7 Å². The second kappa shape index (κ2) is 10.9. The van der Waals surface area contributed by atoms with E-state index in [9.17, 15) is 9.59 Å². The lowest BCUT2D eigenvalue weighted by atomic mass is 9.89. The van der Waals surface area contributed by atoms with E-state index in [1.807, 2.05) is 6.92 Å². The van der Waals surface area contributed by atoms with Crippen LogP contribution in [0.2, 0.25) is 0 Å². The first kappa shape index (κ1) is 25.1. The number of esters is 2. The molecule has 11 atom stereocenters. The molecule has 0 radical (unpaired) electrons. The number of carbonyl (C=O) groups is 2. The molecule has 0 amide bonds. The molecule has 0 aromatic heterocycles. The fourth-order valence-electron chi connectivity index (χ4n) is 6.81. The Morgan fingerprint density at radius 2 is 1.19 bits per heavy atom. The van der Waals surface area contributed by atoms with Gasteiger partial charge in [-0.15, -0.1) is 0 Å². The van der Waals surface area contributed by atoms with Crippen LogP contribution in [0.25, 0.3) is 0 Å². The fraction of sp³-hybridized carbons (Fsp3) is 0.929. The highest BCUT2D eigenvalue weighted by Gasteiger charge is 2.46. The largest absolute Gasteiger partial charge is 0.465 e. The number of epoxide rings is 3. The molecule has 0 N–H and O–H groups in total. The van der Waals surface area contributed by atoms with Crippen molar-refractivity contribution < 1.29 is 38.0 Å². The molecule has 202 valence electrons. The van der Waals surface area contributed by atoms with Crippen LogP contribution in [0.1, 0.15) is 77.6 Å². The van der Waals surface area contributed by atoms with Crippen LogP contribution in [0.15, 0.2) is 0 Å². The van der Waals surface area contributed by atoms with Gasteiger partial charge in [-0.2, -0.15) is 0 Å². The summed E-state index contributed by atoms with van der Waals surface area (Å²) in [7, 11) is 0. The van der Waals surface area contributed by atoms with Crippen LogP contribution < -0.4 is 0 Å². The summed E-state index contributed by atoms with van der Waals surface area (Å²) in [5.41, 5.74) is 0. The Bertz CT molecular complexity index is 802. The third-order valence-corrected chi connectivity index (χ3v) is 9.38. The van der Waals surface area contributed by atoms with E-state index < -0.39 is 12.0 Å². The van der Waals surface area contributed by atoms with Gasteiger partial charge < -0.3 is 28.4 Å². The monoisotopic (exact) mass is 506 g/mol. The molecule has 6 rings (SSSR count). The summed E-state index contributed by atoms with van der Waals surface area (Å²) in [6.07, 6.45) is 11.8. The van der Waals surface area contributed by atoms with Crippen molar-refractivity contribution in [2.75, 3.05) is 19.8 Å². The van der Waals surface area contributed by atoms with E-state index in [2.05, 4.69) is 0 Å². The summed E-state index contributed by atoms with van der Waals surface area (Å²) in [6.45, 7) is 3.36. The highest BCUT2D eigenvalue weighted by atomic mass is 16.6. The van der Waals surface area contributed by atoms with Gasteiger partial charge in [0.1, 0.15) is 0 Å². The highest BCUT2D eigenvalue weighted by Crippen LogP contribution is 2.41. The number of carbonyl (C=O) groups excluding carboxylic acids is 2. The van der Waals surface area contributed by atoms with E-state index >= 15 is 0 Å². The van der Waals surface area contributed by atoms with E-state index in [1.165, 1.54) is 0 Å². The Morgan fingerprint density at radius 1 is 0.694 bits per heavy atom. The molecular weight excluding hydrogens is 464 g/mol. The van der Waals surface area contributed by atoms with Crippen LogP contribution in [0.3, 0.4) is 0 Å². The molecule has 3 aliphatic heterocycles. The smallest absolute Gasteiger partial charge is 0.311 e. The average molecular weight is 507 g/mol. The van der Waals surface area contributed by atoms with Crippen molar-refractivity contribution in [2.24, 2.45) is 23.7 Å². The van der Waals surface area contributed by atoms with Crippen LogP contribution in [0.5, 0.6) is 0 Å². The lowest BCUT2D eigenvalue weighted by Crippen LogP contribution is -2.36. The average Bonchev–Trinajstić information content (AvgIpc) is 3.77. The summed E-state index contributed by atoms with van der Waals surface area (Å²) in [5, 5.41) is 0. The molecule has 3 heterocycles. The van der Waals surface area contributed by atoms with Crippen LogP contribution in [-0.4, -0.2) is 74.5 Å². The van der Waals surface area contributed by atoms with Gasteiger partial charge in [-0.1, -0.05) is 6.92 Å². The Hall–Kier alpha value is -1.22. The number of rotatable bonds is 12. The van der Waals surface area contributed by atoms with Gasteiger partial charge in [0.15, 0.2) is 0 Å². The molecule has 36 heavy (non-hydrogen) atoms. The second-order valence-electron chi connectivity index (χ2n) is 12.1. The van der Waals surface area contributed by atoms with Gasteiger partial charge in [0.25, 0.3) is 0 Å². The molecule has 0 bridgehead atoms. The standard InChI is InChI=1S/C28H42O8/c1-2-19(28(30)33-15-18-5-8-22-26(11-18)36-22)23(31-13-16-3-6-20-24(9-16)34-20)12-27(29)32-14-17-4-7-21-25(10-17)35-21/h16-26H,2-15H2,1H3. The van der Waals surface area contributed by atoms with Crippen molar-refractivity contribution in [3.05, 3.63) is 0 Å². The molecule has 3 saturated heterocycles. The van der Waals surface area contributed by atoms with Gasteiger partial charge in [-0.25, -0.2) is 0 Å². The second-order valence-corrected chi connectivity index (χ2v) is 12.1. The molecule has 8 nitrogen and oxygen atoms in total. The van der Waals surface area contributed by atoms with Crippen molar-refractivity contribution in [2.45, 2.75) is 120 Å². The number of hydrogen-bond donors (Lipinski definition) is 0. The molecule has 11 unspecified atom stereocenters. The predicted molar refractivity (Wildman–Crippen MR) is 128 cm³/mol. The van der Waals surface area contributed by atoms with E-state index in [-0.39, 0.29) is 18.4 Å². The van der Waals surface area contributed by atoms with Gasteiger partial charge in [0.2, 0.25) is 0 Å². The van der Waals surface area contributed by atoms with Crippen LogP contribution in [-0.2, 0) is 38.0 Å². The Labute approximate surface area is 214 Å². The van der Waals surface area contributed by atoms with Gasteiger partial charge in [0.05, 0.1) is 68.3 Å². The quantitative estimate of drug-likeness (QED) is 0.293. The zero-order valence-corrected chi connectivity index (χ0v) is 21.5. The van der Waals surface area contributed by atoms with Gasteiger partial charge in [-0.05, 0) is 82.0 Å².